The van der Waals surface area contributed by atoms with Crippen molar-refractivity contribution in [3.05, 3.63) is 11.8 Å². The number of aliphatic carboxylic acids is 1. The van der Waals surface area contributed by atoms with Gasteiger partial charge in [0.15, 0.2) is 0 Å². The third-order valence-electron chi connectivity index (χ3n) is 2.93. The number of carbonyl (C=O) groups excluding carboxylic acids is 2. The van der Waals surface area contributed by atoms with Crippen LogP contribution in [0.5, 0.6) is 0 Å². The van der Waals surface area contributed by atoms with E-state index >= 15 is 0 Å². The van der Waals surface area contributed by atoms with Crippen molar-refractivity contribution in [2.24, 2.45) is 5.92 Å². The first kappa shape index (κ1) is 13.7. The van der Waals surface area contributed by atoms with Crippen LogP contribution in [0.1, 0.15) is 0 Å². The highest BCUT2D eigenvalue weighted by atomic mass is 32.2. The molecule has 19 heavy (non-hydrogen) atoms. The summed E-state index contributed by atoms with van der Waals surface area (Å²) in [6.45, 7) is -0.0170. The van der Waals surface area contributed by atoms with Gasteiger partial charge in [0, 0.05) is 19.8 Å². The minimum absolute atomic E-state index is 0.0170. The summed E-state index contributed by atoms with van der Waals surface area (Å²) in [5.74, 6) is -1.34. The van der Waals surface area contributed by atoms with Crippen LogP contribution in [-0.4, -0.2) is 64.7 Å². The van der Waals surface area contributed by atoms with E-state index in [1.54, 1.807) is 14.1 Å². The van der Waals surface area contributed by atoms with E-state index in [9.17, 15) is 14.4 Å². The number of carboxylic acid groups (broad SMARTS) is 1. The molecule has 0 saturated carbocycles. The van der Waals surface area contributed by atoms with Crippen LogP contribution in [0.4, 0.5) is 4.79 Å². The number of hydrogen-bond acceptors (Lipinski definition) is 5. The van der Waals surface area contributed by atoms with Gasteiger partial charge in [-0.3, -0.25) is 9.69 Å². The highest BCUT2D eigenvalue weighted by molar-refractivity contribution is 8.00. The molecular formula is C11H14N2O5S. The average Bonchev–Trinajstić information content (AvgIpc) is 2.37. The quantitative estimate of drug-likeness (QED) is 0.745. The lowest BCUT2D eigenvalue weighted by Gasteiger charge is -2.47. The topological polar surface area (TPSA) is 87.2 Å². The largest absolute Gasteiger partial charge is 0.477 e. The Morgan fingerprint density at radius 2 is 2.26 bits per heavy atom. The summed E-state index contributed by atoms with van der Waals surface area (Å²) >= 11 is 1.47. The maximum Gasteiger partial charge on any atom is 0.409 e. The first-order valence-electron chi connectivity index (χ1n) is 5.65. The second-order valence-electron chi connectivity index (χ2n) is 4.40. The first-order valence-corrected chi connectivity index (χ1v) is 6.70. The Morgan fingerprint density at radius 3 is 2.84 bits per heavy atom. The Labute approximate surface area is 114 Å². The lowest BCUT2D eigenvalue weighted by molar-refractivity contribution is -0.154. The van der Waals surface area contributed by atoms with Crippen LogP contribution in [0.15, 0.2) is 11.8 Å². The number of ether oxygens (including phenoxy) is 1. The Hall–Kier alpha value is -1.70. The summed E-state index contributed by atoms with van der Waals surface area (Å²) in [6, 6.07) is 0. The highest BCUT2D eigenvalue weighted by Crippen LogP contribution is 2.41. The smallest absolute Gasteiger partial charge is 0.409 e. The van der Waals surface area contributed by atoms with Crippen molar-refractivity contribution in [1.82, 2.24) is 9.80 Å². The second kappa shape index (κ2) is 5.12. The van der Waals surface area contributed by atoms with E-state index in [4.69, 9.17) is 9.84 Å². The minimum atomic E-state index is -1.11. The zero-order chi connectivity index (χ0) is 14.2. The van der Waals surface area contributed by atoms with Gasteiger partial charge >= 0.3 is 12.1 Å². The number of nitrogens with zero attached hydrogens (tertiary/aromatic N) is 2. The van der Waals surface area contributed by atoms with Gasteiger partial charge in [0.05, 0.1) is 5.37 Å². The second-order valence-corrected chi connectivity index (χ2v) is 5.55. The predicted octanol–water partition coefficient (Wildman–Crippen LogP) is 0.184. The molecule has 2 aliphatic heterocycles. The molecule has 1 fully saturated rings. The predicted molar refractivity (Wildman–Crippen MR) is 67.3 cm³/mol. The normalized spacial score (nSPS) is 25.1. The van der Waals surface area contributed by atoms with Gasteiger partial charge in [0.2, 0.25) is 5.91 Å². The number of rotatable bonds is 3. The molecule has 0 aromatic heterocycles. The molecule has 2 heterocycles. The zero-order valence-electron chi connectivity index (χ0n) is 10.5. The molecule has 0 bridgehead atoms. The Bertz CT molecular complexity index is 462. The monoisotopic (exact) mass is 286 g/mol. The van der Waals surface area contributed by atoms with Gasteiger partial charge in [0.25, 0.3) is 0 Å². The van der Waals surface area contributed by atoms with Crippen LogP contribution < -0.4 is 0 Å². The highest BCUT2D eigenvalue weighted by Gasteiger charge is 2.52. The molecule has 0 aromatic rings. The maximum absolute atomic E-state index is 11.9. The molecule has 1 N–H and O–H groups in total. The fourth-order valence-corrected chi connectivity index (χ4v) is 3.17. The SMILES string of the molecule is CN(C)C(=O)OCC1C(=O)N2C(C(=O)O)=CCS[C@@H]12. The fraction of sp³-hybridized carbons (Fsp3) is 0.545. The van der Waals surface area contributed by atoms with Crippen molar-refractivity contribution in [3.8, 4) is 0 Å². The molecule has 2 aliphatic rings. The molecule has 0 radical (unpaired) electrons. The van der Waals surface area contributed by atoms with Crippen molar-refractivity contribution >= 4 is 29.7 Å². The van der Waals surface area contributed by atoms with Crippen LogP contribution in [0.25, 0.3) is 0 Å². The number of fused-ring (bicyclic) bond motifs is 1. The Kier molecular flexibility index (Phi) is 3.70. The molecule has 0 aliphatic carbocycles. The number of carbonyl (C=O) groups is 3. The third-order valence-corrected chi connectivity index (χ3v) is 4.17. The minimum Gasteiger partial charge on any atom is -0.477 e. The van der Waals surface area contributed by atoms with E-state index in [2.05, 4.69) is 0 Å². The molecule has 0 aromatic carbocycles. The number of hydrogen-bond donors (Lipinski definition) is 1. The summed E-state index contributed by atoms with van der Waals surface area (Å²) in [5, 5.41) is 8.74. The lowest BCUT2D eigenvalue weighted by Crippen LogP contribution is -2.62. The van der Waals surface area contributed by atoms with E-state index in [1.165, 1.54) is 27.6 Å². The molecule has 2 atom stereocenters. The van der Waals surface area contributed by atoms with E-state index in [1.807, 2.05) is 0 Å². The van der Waals surface area contributed by atoms with Gasteiger partial charge in [0.1, 0.15) is 18.2 Å². The zero-order valence-corrected chi connectivity index (χ0v) is 11.3. The van der Waals surface area contributed by atoms with E-state index in [-0.39, 0.29) is 23.6 Å². The number of amides is 2. The van der Waals surface area contributed by atoms with Crippen molar-refractivity contribution in [3.63, 3.8) is 0 Å². The molecule has 7 nitrogen and oxygen atoms in total. The molecule has 2 amide bonds. The fourth-order valence-electron chi connectivity index (χ4n) is 1.93. The molecule has 8 heteroatoms. The van der Waals surface area contributed by atoms with Gasteiger partial charge in [-0.1, -0.05) is 0 Å². The van der Waals surface area contributed by atoms with Crippen molar-refractivity contribution in [2.45, 2.75) is 5.37 Å². The molecule has 1 unspecified atom stereocenters. The van der Waals surface area contributed by atoms with Crippen molar-refractivity contribution in [1.29, 1.82) is 0 Å². The summed E-state index contributed by atoms with van der Waals surface area (Å²) in [6.07, 6.45) is 1.00. The van der Waals surface area contributed by atoms with Crippen LogP contribution in [0, 0.1) is 5.92 Å². The number of carboxylic acids is 1. The molecule has 0 spiro atoms. The van der Waals surface area contributed by atoms with Gasteiger partial charge in [-0.25, -0.2) is 9.59 Å². The molecule has 104 valence electrons. The summed E-state index contributed by atoms with van der Waals surface area (Å²) in [7, 11) is 3.11. The Balaban J connectivity index is 1.98. The summed E-state index contributed by atoms with van der Waals surface area (Å²) < 4.78 is 4.98. The molecule has 1 saturated heterocycles. The molecule has 2 rings (SSSR count). The van der Waals surface area contributed by atoms with Crippen LogP contribution in [0.3, 0.4) is 0 Å². The first-order chi connectivity index (χ1) is 8.93. The maximum atomic E-state index is 11.9. The van der Waals surface area contributed by atoms with E-state index < -0.39 is 18.0 Å². The Morgan fingerprint density at radius 1 is 1.58 bits per heavy atom. The third kappa shape index (κ3) is 2.40. The van der Waals surface area contributed by atoms with Gasteiger partial charge < -0.3 is 14.7 Å². The standard InChI is InChI=1S/C11H14N2O5S/c1-12(2)11(17)18-5-6-8(14)13-7(10(15)16)3-4-19-9(6)13/h3,6,9H,4-5H2,1-2H3,(H,15,16)/t6?,9-/m0/s1. The van der Waals surface area contributed by atoms with Gasteiger partial charge in [-0.2, -0.15) is 0 Å². The van der Waals surface area contributed by atoms with E-state index in [0.717, 1.165) is 0 Å². The van der Waals surface area contributed by atoms with Crippen molar-refractivity contribution in [2.75, 3.05) is 26.5 Å². The summed E-state index contributed by atoms with van der Waals surface area (Å²) in [4.78, 5) is 36.7. The van der Waals surface area contributed by atoms with Crippen LogP contribution in [-0.2, 0) is 14.3 Å². The lowest BCUT2D eigenvalue weighted by atomic mass is 9.97. The summed E-state index contributed by atoms with van der Waals surface area (Å²) in [5.41, 5.74) is 0.0175. The van der Waals surface area contributed by atoms with Gasteiger partial charge in [-0.15, -0.1) is 11.8 Å². The number of thioether (sulfide) groups is 1. The average molecular weight is 286 g/mol. The van der Waals surface area contributed by atoms with Crippen LogP contribution in [0.2, 0.25) is 0 Å². The number of β-lactam (4-membered cyclic amide) rings is 1. The van der Waals surface area contributed by atoms with Crippen molar-refractivity contribution < 1.29 is 24.2 Å². The van der Waals surface area contributed by atoms with Gasteiger partial charge in [-0.05, 0) is 6.08 Å². The molecular weight excluding hydrogens is 272 g/mol. The van der Waals surface area contributed by atoms with Crippen LogP contribution >= 0.6 is 11.8 Å². The van der Waals surface area contributed by atoms with E-state index in [0.29, 0.717) is 5.75 Å².